The summed E-state index contributed by atoms with van der Waals surface area (Å²) >= 11 is 5.35. The van der Waals surface area contributed by atoms with Gasteiger partial charge >= 0.3 is 0 Å². The number of halogens is 1. The van der Waals surface area contributed by atoms with Gasteiger partial charge in [-0.1, -0.05) is 12.1 Å². The summed E-state index contributed by atoms with van der Waals surface area (Å²) in [6.07, 6.45) is 0. The minimum atomic E-state index is -0.217. The maximum atomic E-state index is 13.3. The molecule has 0 aliphatic heterocycles. The van der Waals surface area contributed by atoms with Crippen LogP contribution in [0.15, 0.2) is 48.5 Å². The van der Waals surface area contributed by atoms with Crippen LogP contribution in [0.25, 0.3) is 11.4 Å². The number of ether oxygens (including phenoxy) is 1. The zero-order chi connectivity index (χ0) is 17.8. The maximum Gasteiger partial charge on any atom is 0.221 e. The second-order valence-corrected chi connectivity index (χ2v) is 6.30. The standard InChI is InChI=1S/C18H19FN4OS/c1-22(11-13-4-3-5-15(19)10-13)12-23-18(25)20-17(21-23)14-6-8-16(24-2)9-7-14/h3-10H,11-12H2,1-2H3,(H,20,21,25)/p+1. The number of methoxy groups -OCH3 is 1. The molecule has 0 fully saturated rings. The fraction of sp³-hybridized carbons (Fsp3) is 0.222. The van der Waals surface area contributed by atoms with Gasteiger partial charge in [-0.05, 0) is 48.6 Å². The maximum absolute atomic E-state index is 13.3. The lowest BCUT2D eigenvalue weighted by molar-refractivity contribution is -0.917. The first kappa shape index (κ1) is 17.3. The largest absolute Gasteiger partial charge is 0.497 e. The smallest absolute Gasteiger partial charge is 0.221 e. The van der Waals surface area contributed by atoms with Gasteiger partial charge in [0.05, 0.1) is 14.2 Å². The third kappa shape index (κ3) is 4.32. The molecular formula is C18H20FN4OS+. The number of H-pyrrole nitrogens is 1. The van der Waals surface area contributed by atoms with E-state index in [2.05, 4.69) is 10.1 Å². The second-order valence-electron chi connectivity index (χ2n) is 5.93. The first-order valence-electron chi connectivity index (χ1n) is 7.92. The van der Waals surface area contributed by atoms with Crippen molar-refractivity contribution in [2.45, 2.75) is 13.2 Å². The average Bonchev–Trinajstić information content (AvgIpc) is 2.95. The Morgan fingerprint density at radius 2 is 2.00 bits per heavy atom. The molecule has 0 saturated heterocycles. The Morgan fingerprint density at radius 3 is 2.68 bits per heavy atom. The minimum absolute atomic E-state index is 0.217. The molecule has 7 heteroatoms. The molecule has 0 aliphatic carbocycles. The normalized spacial score (nSPS) is 12.1. The van der Waals surface area contributed by atoms with Gasteiger partial charge < -0.3 is 9.64 Å². The van der Waals surface area contributed by atoms with Gasteiger partial charge in [-0.3, -0.25) is 5.10 Å². The Kier molecular flexibility index (Phi) is 5.25. The third-order valence-electron chi connectivity index (χ3n) is 3.87. The first-order valence-corrected chi connectivity index (χ1v) is 8.33. The molecule has 0 amide bonds. The minimum Gasteiger partial charge on any atom is -0.497 e. The van der Waals surface area contributed by atoms with E-state index in [1.165, 1.54) is 6.07 Å². The molecule has 25 heavy (non-hydrogen) atoms. The first-order chi connectivity index (χ1) is 12.0. The lowest BCUT2D eigenvalue weighted by atomic mass is 10.2. The van der Waals surface area contributed by atoms with Crippen LogP contribution in [0.4, 0.5) is 4.39 Å². The molecule has 5 nitrogen and oxygen atoms in total. The Hall–Kier alpha value is -2.51. The zero-order valence-corrected chi connectivity index (χ0v) is 14.9. The van der Waals surface area contributed by atoms with Crippen molar-refractivity contribution in [3.05, 3.63) is 64.7 Å². The number of aromatic amines is 1. The number of nitrogens with one attached hydrogen (secondary N) is 2. The van der Waals surface area contributed by atoms with Gasteiger partial charge in [0.1, 0.15) is 18.1 Å². The Balaban J connectivity index is 1.72. The molecule has 1 aromatic heterocycles. The van der Waals surface area contributed by atoms with E-state index in [4.69, 9.17) is 17.0 Å². The highest BCUT2D eigenvalue weighted by Crippen LogP contribution is 2.18. The molecule has 2 aromatic carbocycles. The van der Waals surface area contributed by atoms with Crippen molar-refractivity contribution in [1.29, 1.82) is 0 Å². The van der Waals surface area contributed by atoms with Crippen LogP contribution in [0.2, 0.25) is 0 Å². The van der Waals surface area contributed by atoms with Gasteiger partial charge in [0.25, 0.3) is 0 Å². The predicted molar refractivity (Wildman–Crippen MR) is 96.4 cm³/mol. The van der Waals surface area contributed by atoms with E-state index in [0.717, 1.165) is 21.8 Å². The van der Waals surface area contributed by atoms with Gasteiger partial charge in [-0.25, -0.2) is 9.07 Å². The van der Waals surface area contributed by atoms with Crippen molar-refractivity contribution in [2.75, 3.05) is 14.2 Å². The summed E-state index contributed by atoms with van der Waals surface area (Å²) in [5.74, 6) is 1.29. The van der Waals surface area contributed by atoms with Crippen LogP contribution < -0.4 is 9.64 Å². The van der Waals surface area contributed by atoms with Gasteiger partial charge in [0, 0.05) is 11.1 Å². The van der Waals surface area contributed by atoms with Gasteiger partial charge in [0.15, 0.2) is 12.5 Å². The van der Waals surface area contributed by atoms with Crippen LogP contribution in [-0.4, -0.2) is 28.9 Å². The van der Waals surface area contributed by atoms with Gasteiger partial charge in [-0.2, -0.15) is 4.98 Å². The topological polar surface area (TPSA) is 47.3 Å². The molecule has 0 spiro atoms. The van der Waals surface area contributed by atoms with E-state index in [1.54, 1.807) is 19.2 Å². The SMILES string of the molecule is COc1ccc(-c2nc(=S)n(C[NH+](C)Cc3cccc(F)c3)[nH]2)cc1. The number of quaternary nitrogens is 1. The van der Waals surface area contributed by atoms with Crippen LogP contribution in [-0.2, 0) is 13.2 Å². The fourth-order valence-corrected chi connectivity index (χ4v) is 2.86. The molecule has 0 aliphatic rings. The molecular weight excluding hydrogens is 339 g/mol. The monoisotopic (exact) mass is 359 g/mol. The Labute approximate surface area is 150 Å². The summed E-state index contributed by atoms with van der Waals surface area (Å²) in [6.45, 7) is 1.30. The molecule has 3 rings (SSSR count). The van der Waals surface area contributed by atoms with Crippen LogP contribution in [0.5, 0.6) is 5.75 Å². The summed E-state index contributed by atoms with van der Waals surface area (Å²) in [6, 6.07) is 14.3. The highest BCUT2D eigenvalue weighted by Gasteiger charge is 2.10. The summed E-state index contributed by atoms with van der Waals surface area (Å²) in [4.78, 5) is 5.58. The molecule has 2 N–H and O–H groups in total. The van der Waals surface area contributed by atoms with E-state index in [9.17, 15) is 4.39 Å². The van der Waals surface area contributed by atoms with Crippen molar-refractivity contribution in [1.82, 2.24) is 14.8 Å². The van der Waals surface area contributed by atoms with E-state index in [0.29, 0.717) is 23.8 Å². The van der Waals surface area contributed by atoms with Crippen molar-refractivity contribution in [2.24, 2.45) is 0 Å². The Morgan fingerprint density at radius 1 is 1.24 bits per heavy atom. The Bertz CT molecular complexity index is 904. The predicted octanol–water partition coefficient (Wildman–Crippen LogP) is 2.43. The fourth-order valence-electron chi connectivity index (χ4n) is 2.66. The molecule has 1 heterocycles. The molecule has 1 unspecified atom stereocenters. The number of hydrogen-bond donors (Lipinski definition) is 2. The van der Waals surface area contributed by atoms with E-state index < -0.39 is 0 Å². The van der Waals surface area contributed by atoms with Crippen LogP contribution >= 0.6 is 12.2 Å². The van der Waals surface area contributed by atoms with Crippen LogP contribution in [0, 0.1) is 10.6 Å². The van der Waals surface area contributed by atoms with Crippen LogP contribution in [0.3, 0.4) is 0 Å². The molecule has 3 aromatic rings. The number of aromatic nitrogens is 3. The summed E-state index contributed by atoms with van der Waals surface area (Å²) < 4.78 is 20.8. The molecule has 0 saturated carbocycles. The molecule has 0 bridgehead atoms. The third-order valence-corrected chi connectivity index (χ3v) is 4.18. The summed E-state index contributed by atoms with van der Waals surface area (Å²) in [7, 11) is 3.66. The number of benzene rings is 2. The van der Waals surface area contributed by atoms with E-state index in [1.807, 2.05) is 42.1 Å². The summed E-state index contributed by atoms with van der Waals surface area (Å²) in [5.41, 5.74) is 1.88. The van der Waals surface area contributed by atoms with E-state index in [-0.39, 0.29) is 5.82 Å². The number of hydrogen-bond acceptors (Lipinski definition) is 3. The van der Waals surface area contributed by atoms with E-state index >= 15 is 0 Å². The van der Waals surface area contributed by atoms with Crippen molar-refractivity contribution < 1.29 is 14.0 Å². The van der Waals surface area contributed by atoms with Gasteiger partial charge in [0.2, 0.25) is 4.77 Å². The second kappa shape index (κ2) is 7.58. The quantitative estimate of drug-likeness (QED) is 0.665. The van der Waals surface area contributed by atoms with Crippen molar-refractivity contribution in [3.63, 3.8) is 0 Å². The highest BCUT2D eigenvalue weighted by atomic mass is 32.1. The lowest BCUT2D eigenvalue weighted by Crippen LogP contribution is -3.07. The number of nitrogens with zero attached hydrogens (tertiary/aromatic N) is 2. The summed E-state index contributed by atoms with van der Waals surface area (Å²) in [5, 5.41) is 3.23. The zero-order valence-electron chi connectivity index (χ0n) is 14.1. The van der Waals surface area contributed by atoms with Crippen LogP contribution in [0.1, 0.15) is 5.56 Å². The van der Waals surface area contributed by atoms with Crippen molar-refractivity contribution in [3.8, 4) is 17.1 Å². The lowest BCUT2D eigenvalue weighted by Gasteiger charge is -2.14. The number of rotatable bonds is 6. The molecule has 1 atom stereocenters. The molecule has 130 valence electrons. The van der Waals surface area contributed by atoms with Crippen molar-refractivity contribution >= 4 is 12.2 Å². The van der Waals surface area contributed by atoms with Gasteiger partial charge in [-0.15, -0.1) is 0 Å². The highest BCUT2D eigenvalue weighted by molar-refractivity contribution is 7.71. The molecule has 0 radical (unpaired) electrons. The average molecular weight is 359 g/mol.